The van der Waals surface area contributed by atoms with Gasteiger partial charge in [0.05, 0.1) is 16.3 Å². The molecule has 1 N–H and O–H groups in total. The molecule has 4 aromatic rings. The number of thiophene rings is 1. The molecule has 1 saturated heterocycles. The molecule has 0 bridgehead atoms. The topological polar surface area (TPSA) is 79.2 Å². The maximum Gasteiger partial charge on any atom is 0.433 e. The van der Waals surface area contributed by atoms with Crippen LogP contribution in [0.25, 0.3) is 16.2 Å². The van der Waals surface area contributed by atoms with Crippen molar-refractivity contribution >= 4 is 22.9 Å². The number of halogens is 3. The molecular formula is C19H15F3N6OS. The largest absolute Gasteiger partial charge is 0.433 e. The van der Waals surface area contributed by atoms with Crippen molar-refractivity contribution < 1.29 is 18.0 Å². The lowest BCUT2D eigenvalue weighted by molar-refractivity contribution is -0.142. The van der Waals surface area contributed by atoms with Crippen LogP contribution < -0.4 is 0 Å². The molecular weight excluding hydrogens is 417 g/mol. The zero-order valence-electron chi connectivity index (χ0n) is 15.4. The summed E-state index contributed by atoms with van der Waals surface area (Å²) in [5.74, 6) is -0.349. The fourth-order valence-corrected chi connectivity index (χ4v) is 4.36. The van der Waals surface area contributed by atoms with Gasteiger partial charge in [-0.05, 0) is 30.0 Å². The minimum Gasteiger partial charge on any atom is -0.337 e. The summed E-state index contributed by atoms with van der Waals surface area (Å²) in [6.45, 7) is 0.872. The molecule has 4 aromatic heterocycles. The van der Waals surface area contributed by atoms with E-state index < -0.39 is 11.9 Å². The van der Waals surface area contributed by atoms with E-state index in [1.807, 2.05) is 0 Å². The Morgan fingerprint density at radius 1 is 1.27 bits per heavy atom. The molecule has 0 aromatic carbocycles. The molecule has 1 amide bonds. The highest BCUT2D eigenvalue weighted by Gasteiger charge is 2.36. The molecule has 7 nitrogen and oxygen atoms in total. The van der Waals surface area contributed by atoms with E-state index in [2.05, 4.69) is 20.3 Å². The first-order valence-corrected chi connectivity index (χ1v) is 10.1. The number of rotatable bonds is 3. The first-order valence-electron chi connectivity index (χ1n) is 9.20. The number of alkyl halides is 3. The van der Waals surface area contributed by atoms with Crippen LogP contribution in [-0.2, 0) is 6.18 Å². The van der Waals surface area contributed by atoms with Gasteiger partial charge in [-0.2, -0.15) is 23.4 Å². The Kier molecular flexibility index (Phi) is 4.35. The molecule has 5 heterocycles. The second kappa shape index (κ2) is 6.94. The number of nitrogens with one attached hydrogen (secondary N) is 1. The number of likely N-dealkylation sites (tertiary alicyclic amines) is 1. The Balaban J connectivity index is 1.50. The number of aromatic nitrogens is 5. The second-order valence-corrected chi connectivity index (χ2v) is 8.00. The summed E-state index contributed by atoms with van der Waals surface area (Å²) < 4.78 is 42.0. The number of hydrogen-bond acceptors (Lipinski definition) is 5. The number of carbonyl (C=O) groups excluding carboxylic acids is 1. The van der Waals surface area contributed by atoms with Crippen LogP contribution in [0.4, 0.5) is 13.2 Å². The van der Waals surface area contributed by atoms with Gasteiger partial charge < -0.3 is 4.90 Å². The SMILES string of the molecule is O=C(c1ccn[nH]1)N1CC[C@H](c2cc3nc(-c4cccs4)cc(C(F)(F)F)n3n2)C1. The van der Waals surface area contributed by atoms with Gasteiger partial charge >= 0.3 is 6.18 Å². The second-order valence-electron chi connectivity index (χ2n) is 7.05. The molecule has 0 radical (unpaired) electrons. The van der Waals surface area contributed by atoms with E-state index in [4.69, 9.17) is 0 Å². The Labute approximate surface area is 172 Å². The third-order valence-corrected chi connectivity index (χ3v) is 6.03. The highest BCUT2D eigenvalue weighted by atomic mass is 32.1. The summed E-state index contributed by atoms with van der Waals surface area (Å²) in [7, 11) is 0. The van der Waals surface area contributed by atoms with Gasteiger partial charge in [0.1, 0.15) is 5.69 Å². The smallest absolute Gasteiger partial charge is 0.337 e. The van der Waals surface area contributed by atoms with E-state index >= 15 is 0 Å². The van der Waals surface area contributed by atoms with Crippen molar-refractivity contribution in [3.63, 3.8) is 0 Å². The van der Waals surface area contributed by atoms with Crippen molar-refractivity contribution in [1.29, 1.82) is 0 Å². The Morgan fingerprint density at radius 3 is 2.83 bits per heavy atom. The third-order valence-electron chi connectivity index (χ3n) is 5.14. The normalized spacial score (nSPS) is 17.2. The zero-order valence-corrected chi connectivity index (χ0v) is 16.2. The molecule has 0 unspecified atom stereocenters. The van der Waals surface area contributed by atoms with Crippen molar-refractivity contribution in [3.8, 4) is 10.6 Å². The number of carbonyl (C=O) groups is 1. The van der Waals surface area contributed by atoms with Gasteiger partial charge in [-0.1, -0.05) is 6.07 Å². The zero-order chi connectivity index (χ0) is 20.9. The molecule has 0 spiro atoms. The predicted octanol–water partition coefficient (Wildman–Crippen LogP) is 3.83. The average Bonchev–Trinajstić information content (AvgIpc) is 3.52. The molecule has 1 atom stereocenters. The molecule has 11 heteroatoms. The Bertz CT molecular complexity index is 1200. The van der Waals surface area contributed by atoms with Crippen LogP contribution in [0.15, 0.2) is 41.9 Å². The maximum absolute atomic E-state index is 13.7. The van der Waals surface area contributed by atoms with E-state index in [-0.39, 0.29) is 23.2 Å². The van der Waals surface area contributed by atoms with Crippen LogP contribution in [-0.4, -0.2) is 48.7 Å². The summed E-state index contributed by atoms with van der Waals surface area (Å²) in [4.78, 5) is 19.2. The molecule has 0 saturated carbocycles. The van der Waals surface area contributed by atoms with Crippen molar-refractivity contribution in [3.05, 3.63) is 59.0 Å². The Hall–Kier alpha value is -3.21. The summed E-state index contributed by atoms with van der Waals surface area (Å²) >= 11 is 1.33. The van der Waals surface area contributed by atoms with Crippen molar-refractivity contribution in [2.45, 2.75) is 18.5 Å². The third kappa shape index (κ3) is 3.24. The van der Waals surface area contributed by atoms with Gasteiger partial charge in [-0.25, -0.2) is 9.50 Å². The highest BCUT2D eigenvalue weighted by Crippen LogP contribution is 2.35. The summed E-state index contributed by atoms with van der Waals surface area (Å²) in [5.41, 5.74) is 0.411. The van der Waals surface area contributed by atoms with Crippen molar-refractivity contribution in [2.24, 2.45) is 0 Å². The fraction of sp³-hybridized carbons (Fsp3) is 0.263. The van der Waals surface area contributed by atoms with Gasteiger partial charge in [0.25, 0.3) is 5.91 Å². The molecule has 30 heavy (non-hydrogen) atoms. The van der Waals surface area contributed by atoms with E-state index in [0.717, 1.165) is 10.6 Å². The number of H-pyrrole nitrogens is 1. The van der Waals surface area contributed by atoms with Crippen LogP contribution >= 0.6 is 11.3 Å². The summed E-state index contributed by atoms with van der Waals surface area (Å²) in [5, 5.41) is 12.4. The lowest BCUT2D eigenvalue weighted by Crippen LogP contribution is -2.28. The predicted molar refractivity (Wildman–Crippen MR) is 103 cm³/mol. The van der Waals surface area contributed by atoms with Gasteiger partial charge in [-0.15, -0.1) is 11.3 Å². The molecule has 5 rings (SSSR count). The summed E-state index contributed by atoms with van der Waals surface area (Å²) in [6, 6.07) is 7.70. The minimum absolute atomic E-state index is 0.140. The lowest BCUT2D eigenvalue weighted by Gasteiger charge is -2.14. The molecule has 0 aliphatic carbocycles. The van der Waals surface area contributed by atoms with E-state index in [9.17, 15) is 18.0 Å². The molecule has 1 aliphatic rings. The standard InChI is InChI=1S/C19H15F3N6OS/c20-19(21,22)16-8-14(15-2-1-7-30-15)24-17-9-13(26-28(16)17)11-4-6-27(10-11)18(29)12-3-5-23-25-12/h1-3,5,7-9,11H,4,6,10H2,(H,23,25)/t11-/m0/s1. The van der Waals surface area contributed by atoms with Crippen LogP contribution in [0, 0.1) is 0 Å². The number of fused-ring (bicyclic) bond motifs is 1. The monoisotopic (exact) mass is 432 g/mol. The lowest BCUT2D eigenvalue weighted by atomic mass is 10.1. The van der Waals surface area contributed by atoms with Gasteiger partial charge in [0.2, 0.25) is 0 Å². The minimum atomic E-state index is -4.57. The maximum atomic E-state index is 13.7. The molecule has 1 fully saturated rings. The fourth-order valence-electron chi connectivity index (χ4n) is 3.68. The van der Waals surface area contributed by atoms with Crippen molar-refractivity contribution in [2.75, 3.05) is 13.1 Å². The van der Waals surface area contributed by atoms with Gasteiger partial charge in [-0.3, -0.25) is 9.89 Å². The first-order chi connectivity index (χ1) is 14.4. The van der Waals surface area contributed by atoms with E-state index in [0.29, 0.717) is 35.8 Å². The average molecular weight is 432 g/mol. The first kappa shape index (κ1) is 18.8. The van der Waals surface area contributed by atoms with Crippen LogP contribution in [0.2, 0.25) is 0 Å². The van der Waals surface area contributed by atoms with E-state index in [1.54, 1.807) is 34.5 Å². The number of nitrogens with zero attached hydrogens (tertiary/aromatic N) is 5. The van der Waals surface area contributed by atoms with Crippen LogP contribution in [0.5, 0.6) is 0 Å². The number of aromatic amines is 1. The number of amides is 1. The van der Waals surface area contributed by atoms with Gasteiger partial charge in [0.15, 0.2) is 11.3 Å². The molecule has 154 valence electrons. The van der Waals surface area contributed by atoms with Crippen molar-refractivity contribution in [1.82, 2.24) is 29.7 Å². The molecule has 1 aliphatic heterocycles. The van der Waals surface area contributed by atoms with Crippen LogP contribution in [0.1, 0.15) is 34.2 Å². The van der Waals surface area contributed by atoms with Crippen LogP contribution in [0.3, 0.4) is 0 Å². The van der Waals surface area contributed by atoms with E-state index in [1.165, 1.54) is 17.5 Å². The highest BCUT2D eigenvalue weighted by molar-refractivity contribution is 7.13. The Morgan fingerprint density at radius 2 is 2.13 bits per heavy atom. The quantitative estimate of drug-likeness (QED) is 0.534. The summed E-state index contributed by atoms with van der Waals surface area (Å²) in [6.07, 6.45) is -2.46. The van der Waals surface area contributed by atoms with Gasteiger partial charge in [0, 0.05) is 31.3 Å². The number of hydrogen-bond donors (Lipinski definition) is 1.